The van der Waals surface area contributed by atoms with Crippen molar-refractivity contribution >= 4 is 21.8 Å². The van der Waals surface area contributed by atoms with Crippen LogP contribution in [0.25, 0.3) is 0 Å². The van der Waals surface area contributed by atoms with E-state index in [4.69, 9.17) is 0 Å². The second-order valence-corrected chi connectivity index (χ2v) is 4.83. The molecule has 0 saturated heterocycles. The maximum absolute atomic E-state index is 13.4. The first-order chi connectivity index (χ1) is 8.58. The van der Waals surface area contributed by atoms with E-state index >= 15 is 0 Å². The van der Waals surface area contributed by atoms with Crippen LogP contribution in [0.3, 0.4) is 0 Å². The van der Waals surface area contributed by atoms with Crippen LogP contribution in [0.2, 0.25) is 0 Å². The minimum atomic E-state index is -0.943. The molecule has 100 valence electrons. The predicted molar refractivity (Wildman–Crippen MR) is 70.7 cm³/mol. The van der Waals surface area contributed by atoms with Crippen LogP contribution in [0.1, 0.15) is 25.3 Å². The van der Waals surface area contributed by atoms with Gasteiger partial charge in [0.15, 0.2) is 11.6 Å². The zero-order valence-electron chi connectivity index (χ0n) is 10.2. The molecule has 0 aromatic heterocycles. The van der Waals surface area contributed by atoms with Crippen molar-refractivity contribution in [2.45, 2.75) is 32.2 Å². The Hall–Kier alpha value is -0.970. The molecule has 0 fully saturated rings. The van der Waals surface area contributed by atoms with Crippen LogP contribution in [0.15, 0.2) is 18.2 Å². The summed E-state index contributed by atoms with van der Waals surface area (Å²) in [5, 5.41) is 3.60. The van der Waals surface area contributed by atoms with Gasteiger partial charge in [-0.25, -0.2) is 8.78 Å². The fourth-order valence-electron chi connectivity index (χ4n) is 1.65. The Labute approximate surface area is 114 Å². The molecule has 0 bridgehead atoms. The van der Waals surface area contributed by atoms with Crippen LogP contribution in [0.5, 0.6) is 0 Å². The van der Waals surface area contributed by atoms with E-state index < -0.39 is 11.6 Å². The van der Waals surface area contributed by atoms with Crippen molar-refractivity contribution in [3.63, 3.8) is 0 Å². The smallest absolute Gasteiger partial charge is 0.224 e. The van der Waals surface area contributed by atoms with Gasteiger partial charge in [-0.15, -0.1) is 0 Å². The third-order valence-corrected chi connectivity index (χ3v) is 3.16. The molecule has 0 aliphatic rings. The predicted octanol–water partition coefficient (Wildman–Crippen LogP) is 3.19. The van der Waals surface area contributed by atoms with E-state index in [1.807, 2.05) is 6.92 Å². The van der Waals surface area contributed by atoms with Crippen molar-refractivity contribution in [1.29, 1.82) is 0 Å². The lowest BCUT2D eigenvalue weighted by Crippen LogP contribution is -2.35. The topological polar surface area (TPSA) is 29.1 Å². The van der Waals surface area contributed by atoms with Crippen LogP contribution in [-0.4, -0.2) is 17.3 Å². The fraction of sp³-hybridized carbons (Fsp3) is 0.462. The van der Waals surface area contributed by atoms with Crippen molar-refractivity contribution in [3.8, 4) is 0 Å². The molecule has 1 rings (SSSR count). The van der Waals surface area contributed by atoms with E-state index in [9.17, 15) is 13.6 Å². The average Bonchev–Trinajstić information content (AvgIpc) is 2.34. The summed E-state index contributed by atoms with van der Waals surface area (Å²) in [6.45, 7) is 1.97. The SMILES string of the molecule is CCC(CCBr)NC(=O)Cc1cccc(F)c1F. The van der Waals surface area contributed by atoms with E-state index in [2.05, 4.69) is 21.2 Å². The third kappa shape index (κ3) is 4.37. The van der Waals surface area contributed by atoms with Gasteiger partial charge in [0.1, 0.15) is 0 Å². The molecule has 5 heteroatoms. The van der Waals surface area contributed by atoms with E-state index in [1.165, 1.54) is 12.1 Å². The molecule has 1 aromatic rings. The first-order valence-corrected chi connectivity index (χ1v) is 6.98. The molecule has 18 heavy (non-hydrogen) atoms. The van der Waals surface area contributed by atoms with Gasteiger partial charge < -0.3 is 5.32 Å². The van der Waals surface area contributed by atoms with Crippen molar-refractivity contribution in [1.82, 2.24) is 5.32 Å². The van der Waals surface area contributed by atoms with Gasteiger partial charge in [0, 0.05) is 16.9 Å². The van der Waals surface area contributed by atoms with Crippen molar-refractivity contribution in [3.05, 3.63) is 35.4 Å². The molecule has 0 radical (unpaired) electrons. The second-order valence-electron chi connectivity index (χ2n) is 4.04. The van der Waals surface area contributed by atoms with Crippen LogP contribution in [0.4, 0.5) is 8.78 Å². The summed E-state index contributed by atoms with van der Waals surface area (Å²) >= 11 is 3.31. The highest BCUT2D eigenvalue weighted by Gasteiger charge is 2.14. The molecule has 0 saturated carbocycles. The number of benzene rings is 1. The van der Waals surface area contributed by atoms with E-state index in [-0.39, 0.29) is 23.9 Å². The standard InChI is InChI=1S/C13H16BrF2NO/c1-2-10(6-7-14)17-12(18)8-9-4-3-5-11(15)13(9)16/h3-5,10H,2,6-8H2,1H3,(H,17,18). The monoisotopic (exact) mass is 319 g/mol. The van der Waals surface area contributed by atoms with Crippen LogP contribution in [-0.2, 0) is 11.2 Å². The number of amides is 1. The Morgan fingerprint density at radius 1 is 1.44 bits per heavy atom. The number of halogens is 3. The molecule has 0 heterocycles. The molecule has 2 nitrogen and oxygen atoms in total. The summed E-state index contributed by atoms with van der Waals surface area (Å²) in [6, 6.07) is 3.92. The molecule has 1 N–H and O–H groups in total. The second kappa shape index (κ2) is 7.46. The summed E-state index contributed by atoms with van der Waals surface area (Å²) < 4.78 is 26.3. The number of rotatable bonds is 6. The Morgan fingerprint density at radius 2 is 2.17 bits per heavy atom. The number of hydrogen-bond acceptors (Lipinski definition) is 1. The summed E-state index contributed by atoms with van der Waals surface area (Å²) in [4.78, 5) is 11.7. The Balaban J connectivity index is 2.61. The normalized spacial score (nSPS) is 12.2. The molecule has 0 spiro atoms. The number of alkyl halides is 1. The lowest BCUT2D eigenvalue weighted by molar-refractivity contribution is -0.121. The van der Waals surface area contributed by atoms with Gasteiger partial charge in [-0.3, -0.25) is 4.79 Å². The largest absolute Gasteiger partial charge is 0.353 e. The quantitative estimate of drug-likeness (QED) is 0.802. The average molecular weight is 320 g/mol. The summed E-state index contributed by atoms with van der Waals surface area (Å²) in [5.41, 5.74) is 0.0844. The maximum atomic E-state index is 13.4. The van der Waals surface area contributed by atoms with Crippen LogP contribution < -0.4 is 5.32 Å². The number of hydrogen-bond donors (Lipinski definition) is 1. The lowest BCUT2D eigenvalue weighted by atomic mass is 10.1. The zero-order chi connectivity index (χ0) is 13.5. The maximum Gasteiger partial charge on any atom is 0.224 e. The number of carbonyl (C=O) groups excluding carboxylic acids is 1. The molecule has 1 aromatic carbocycles. The highest BCUT2D eigenvalue weighted by molar-refractivity contribution is 9.09. The van der Waals surface area contributed by atoms with E-state index in [0.29, 0.717) is 0 Å². The molecular weight excluding hydrogens is 304 g/mol. The fourth-order valence-corrected chi connectivity index (χ4v) is 2.20. The molecule has 1 amide bonds. The van der Waals surface area contributed by atoms with Gasteiger partial charge in [-0.2, -0.15) is 0 Å². The molecule has 0 aliphatic heterocycles. The van der Waals surface area contributed by atoms with Crippen LogP contribution >= 0.6 is 15.9 Å². The van der Waals surface area contributed by atoms with Gasteiger partial charge in [-0.05, 0) is 18.9 Å². The van der Waals surface area contributed by atoms with Crippen molar-refractivity contribution in [2.75, 3.05) is 5.33 Å². The summed E-state index contributed by atoms with van der Waals surface area (Å²) in [6.07, 6.45) is 1.49. The lowest BCUT2D eigenvalue weighted by Gasteiger charge is -2.15. The van der Waals surface area contributed by atoms with Crippen LogP contribution in [0, 0.1) is 11.6 Å². The molecular formula is C13H16BrF2NO. The van der Waals surface area contributed by atoms with Crippen molar-refractivity contribution in [2.24, 2.45) is 0 Å². The Bertz CT molecular complexity index is 412. The minimum absolute atomic E-state index is 0.0634. The Kier molecular flexibility index (Phi) is 6.25. The van der Waals surface area contributed by atoms with Gasteiger partial charge in [0.2, 0.25) is 5.91 Å². The van der Waals surface area contributed by atoms with Crippen molar-refractivity contribution < 1.29 is 13.6 Å². The van der Waals surface area contributed by atoms with Gasteiger partial charge in [0.05, 0.1) is 6.42 Å². The zero-order valence-corrected chi connectivity index (χ0v) is 11.8. The third-order valence-electron chi connectivity index (χ3n) is 2.70. The number of nitrogens with one attached hydrogen (secondary N) is 1. The molecule has 0 aliphatic carbocycles. The highest BCUT2D eigenvalue weighted by atomic mass is 79.9. The Morgan fingerprint density at radius 3 is 2.78 bits per heavy atom. The van der Waals surface area contributed by atoms with Gasteiger partial charge in [0.25, 0.3) is 0 Å². The minimum Gasteiger partial charge on any atom is -0.353 e. The first kappa shape index (κ1) is 15.1. The number of carbonyl (C=O) groups is 1. The molecule has 1 atom stereocenters. The van der Waals surface area contributed by atoms with E-state index in [0.717, 1.165) is 24.2 Å². The highest BCUT2D eigenvalue weighted by Crippen LogP contribution is 2.12. The van der Waals surface area contributed by atoms with Gasteiger partial charge >= 0.3 is 0 Å². The first-order valence-electron chi connectivity index (χ1n) is 5.86. The summed E-state index contributed by atoms with van der Waals surface area (Å²) in [5.74, 6) is -2.15. The summed E-state index contributed by atoms with van der Waals surface area (Å²) in [7, 11) is 0. The van der Waals surface area contributed by atoms with Gasteiger partial charge in [-0.1, -0.05) is 35.0 Å². The van der Waals surface area contributed by atoms with E-state index in [1.54, 1.807) is 0 Å². The molecule has 1 unspecified atom stereocenters.